The predicted octanol–water partition coefficient (Wildman–Crippen LogP) is 1.90. The molecule has 18 heavy (non-hydrogen) atoms. The summed E-state index contributed by atoms with van der Waals surface area (Å²) in [6.45, 7) is 3.87. The van der Waals surface area contributed by atoms with Crippen LogP contribution in [-0.2, 0) is 14.9 Å². The zero-order valence-electron chi connectivity index (χ0n) is 10.6. The van der Waals surface area contributed by atoms with Gasteiger partial charge in [0.15, 0.2) is 0 Å². The maximum Gasteiger partial charge on any atom is 0.294 e. The number of amides is 1. The van der Waals surface area contributed by atoms with Crippen molar-refractivity contribution in [2.75, 3.05) is 0 Å². The fraction of sp³-hybridized carbons (Fsp3) is 0.417. The first-order valence-corrected chi connectivity index (χ1v) is 7.03. The molecule has 1 rings (SSSR count). The molecule has 0 radical (unpaired) electrons. The van der Waals surface area contributed by atoms with Gasteiger partial charge in [0.1, 0.15) is 0 Å². The van der Waals surface area contributed by atoms with Crippen LogP contribution < -0.4 is 5.73 Å². The van der Waals surface area contributed by atoms with Gasteiger partial charge >= 0.3 is 0 Å². The summed E-state index contributed by atoms with van der Waals surface area (Å²) in [4.78, 5) is 9.91. The molecule has 0 heterocycles. The molecule has 0 atom stereocenters. The molecule has 0 unspecified atom stereocenters. The Kier molecular flexibility index (Phi) is 7.23. The van der Waals surface area contributed by atoms with E-state index in [2.05, 4.69) is 0 Å². The third-order valence-electron chi connectivity index (χ3n) is 2.10. The summed E-state index contributed by atoms with van der Waals surface area (Å²) in [5, 5.41) is 0. The van der Waals surface area contributed by atoms with E-state index in [-0.39, 0.29) is 10.8 Å². The van der Waals surface area contributed by atoms with E-state index < -0.39 is 10.1 Å². The van der Waals surface area contributed by atoms with Crippen LogP contribution in [-0.4, -0.2) is 18.9 Å². The summed E-state index contributed by atoms with van der Waals surface area (Å²) in [6, 6.07) is 5.99. The quantitative estimate of drug-likeness (QED) is 0.819. The van der Waals surface area contributed by atoms with Gasteiger partial charge in [-0.2, -0.15) is 8.42 Å². The van der Waals surface area contributed by atoms with Crippen molar-refractivity contribution >= 4 is 16.0 Å². The first-order valence-electron chi connectivity index (χ1n) is 5.59. The summed E-state index contributed by atoms with van der Waals surface area (Å²) < 4.78 is 29.6. The van der Waals surface area contributed by atoms with Gasteiger partial charge in [0, 0.05) is 6.42 Å². The van der Waals surface area contributed by atoms with Gasteiger partial charge in [0.25, 0.3) is 10.1 Å². The number of hydrogen-bond donors (Lipinski definition) is 2. The summed E-state index contributed by atoms with van der Waals surface area (Å²) >= 11 is 0. The van der Waals surface area contributed by atoms with E-state index in [0.717, 1.165) is 18.4 Å². The maximum atomic E-state index is 10.5. The molecule has 102 valence electrons. The second-order valence-electron chi connectivity index (χ2n) is 3.86. The molecule has 5 nitrogen and oxygen atoms in total. The molecule has 1 amide bonds. The van der Waals surface area contributed by atoms with Gasteiger partial charge in [-0.25, -0.2) is 0 Å². The van der Waals surface area contributed by atoms with Crippen molar-refractivity contribution in [1.82, 2.24) is 0 Å². The molecule has 6 heteroatoms. The molecular formula is C12H19NO4S. The molecule has 0 spiro atoms. The molecule has 0 bridgehead atoms. The van der Waals surface area contributed by atoms with Gasteiger partial charge in [-0.05, 0) is 25.5 Å². The summed E-state index contributed by atoms with van der Waals surface area (Å²) in [7, 11) is -4.02. The molecule has 0 saturated carbocycles. The van der Waals surface area contributed by atoms with Gasteiger partial charge in [-0.15, -0.1) is 0 Å². The van der Waals surface area contributed by atoms with Crippen LogP contribution in [0.3, 0.4) is 0 Å². The molecule has 0 aliphatic heterocycles. The van der Waals surface area contributed by atoms with Crippen molar-refractivity contribution in [1.29, 1.82) is 0 Å². The lowest BCUT2D eigenvalue weighted by atomic mass is 10.2. The van der Waals surface area contributed by atoms with Crippen molar-refractivity contribution in [3.63, 3.8) is 0 Å². The molecule has 3 N–H and O–H groups in total. The van der Waals surface area contributed by atoms with Crippen molar-refractivity contribution in [2.45, 2.75) is 38.0 Å². The minimum Gasteiger partial charge on any atom is -0.370 e. The van der Waals surface area contributed by atoms with Crippen LogP contribution in [0.25, 0.3) is 0 Å². The molecule has 0 aromatic heterocycles. The summed E-state index contributed by atoms with van der Waals surface area (Å²) in [5.74, 6) is -0.193. The Hall–Kier alpha value is -1.40. The van der Waals surface area contributed by atoms with E-state index >= 15 is 0 Å². The van der Waals surface area contributed by atoms with E-state index in [1.54, 1.807) is 12.1 Å². The molecule has 1 aromatic carbocycles. The van der Waals surface area contributed by atoms with E-state index in [9.17, 15) is 13.2 Å². The minimum atomic E-state index is -4.02. The topological polar surface area (TPSA) is 97.5 Å². The monoisotopic (exact) mass is 273 g/mol. The van der Waals surface area contributed by atoms with Gasteiger partial charge in [0.05, 0.1) is 4.90 Å². The average molecular weight is 273 g/mol. The zero-order chi connectivity index (χ0) is 14.2. The lowest BCUT2D eigenvalue weighted by Crippen LogP contribution is -2.09. The molecule has 0 saturated heterocycles. The smallest absolute Gasteiger partial charge is 0.294 e. The normalized spacial score (nSPS) is 10.4. The summed E-state index contributed by atoms with van der Waals surface area (Å²) in [5.41, 5.74) is 5.80. The number of primary amides is 1. The van der Waals surface area contributed by atoms with E-state index in [4.69, 9.17) is 10.3 Å². The maximum absolute atomic E-state index is 10.5. The van der Waals surface area contributed by atoms with E-state index in [0.29, 0.717) is 6.42 Å². The molecule has 0 fully saturated rings. The first kappa shape index (κ1) is 16.6. The fourth-order valence-corrected chi connectivity index (χ4v) is 1.54. The van der Waals surface area contributed by atoms with Gasteiger partial charge < -0.3 is 5.73 Å². The molecule has 1 aromatic rings. The van der Waals surface area contributed by atoms with Crippen molar-refractivity contribution in [2.24, 2.45) is 5.73 Å². The van der Waals surface area contributed by atoms with Crippen LogP contribution in [0.4, 0.5) is 0 Å². The van der Waals surface area contributed by atoms with E-state index in [1.165, 1.54) is 12.1 Å². The number of unbranched alkanes of at least 4 members (excludes halogenated alkanes) is 1. The van der Waals surface area contributed by atoms with Crippen LogP contribution in [0, 0.1) is 6.92 Å². The number of aryl methyl sites for hydroxylation is 1. The minimum absolute atomic E-state index is 0.0666. The van der Waals surface area contributed by atoms with E-state index in [1.807, 2.05) is 13.8 Å². The third kappa shape index (κ3) is 7.81. The highest BCUT2D eigenvalue weighted by molar-refractivity contribution is 7.85. The van der Waals surface area contributed by atoms with Crippen LogP contribution in [0.15, 0.2) is 29.2 Å². The molecular weight excluding hydrogens is 254 g/mol. The number of hydrogen-bond acceptors (Lipinski definition) is 3. The van der Waals surface area contributed by atoms with Crippen LogP contribution >= 0.6 is 0 Å². The first-order chi connectivity index (χ1) is 8.27. The Balaban J connectivity index is 0.000000360. The second-order valence-corrected chi connectivity index (χ2v) is 5.28. The Morgan fingerprint density at radius 3 is 2.06 bits per heavy atom. The Bertz CT molecular complexity index is 465. The Morgan fingerprint density at radius 2 is 1.78 bits per heavy atom. The number of carbonyl (C=O) groups is 1. The predicted molar refractivity (Wildman–Crippen MR) is 69.7 cm³/mol. The average Bonchev–Trinajstić information content (AvgIpc) is 2.26. The molecule has 0 aliphatic carbocycles. The SMILES string of the molecule is CCCCC(N)=O.Cc1ccc(S(=O)(=O)O)cc1. The number of carbonyl (C=O) groups excluding carboxylic acids is 1. The second kappa shape index (κ2) is 7.84. The highest BCUT2D eigenvalue weighted by Crippen LogP contribution is 2.08. The van der Waals surface area contributed by atoms with Crippen LogP contribution in [0.5, 0.6) is 0 Å². The highest BCUT2D eigenvalue weighted by Gasteiger charge is 2.06. The number of nitrogens with two attached hydrogens (primary N) is 1. The Morgan fingerprint density at radius 1 is 1.28 bits per heavy atom. The molecule has 0 aliphatic rings. The summed E-state index contributed by atoms with van der Waals surface area (Å²) in [6.07, 6.45) is 2.51. The highest BCUT2D eigenvalue weighted by atomic mass is 32.2. The van der Waals surface area contributed by atoms with Crippen molar-refractivity contribution < 1.29 is 17.8 Å². The zero-order valence-corrected chi connectivity index (χ0v) is 11.4. The third-order valence-corrected chi connectivity index (χ3v) is 2.96. The number of rotatable bonds is 4. The van der Waals surface area contributed by atoms with Crippen LogP contribution in [0.2, 0.25) is 0 Å². The standard InChI is InChI=1S/C7H8O3S.C5H11NO/c1-6-2-4-7(5-3-6)11(8,9)10;1-2-3-4-5(6)7/h2-5H,1H3,(H,8,9,10);2-4H2,1H3,(H2,6,7). The van der Waals surface area contributed by atoms with Crippen molar-refractivity contribution in [3.8, 4) is 0 Å². The number of benzene rings is 1. The van der Waals surface area contributed by atoms with Gasteiger partial charge in [0.2, 0.25) is 5.91 Å². The van der Waals surface area contributed by atoms with Crippen molar-refractivity contribution in [3.05, 3.63) is 29.8 Å². The van der Waals surface area contributed by atoms with Crippen LogP contribution in [0.1, 0.15) is 31.7 Å². The lowest BCUT2D eigenvalue weighted by Gasteiger charge is -1.95. The largest absolute Gasteiger partial charge is 0.370 e. The fourth-order valence-electron chi connectivity index (χ4n) is 1.06. The Labute approximate surface area is 108 Å². The van der Waals surface area contributed by atoms with Gasteiger partial charge in [-0.1, -0.05) is 31.0 Å². The lowest BCUT2D eigenvalue weighted by molar-refractivity contribution is -0.118. The van der Waals surface area contributed by atoms with Gasteiger partial charge in [-0.3, -0.25) is 9.35 Å².